The number of urea groups is 1. The van der Waals surface area contributed by atoms with Crippen LogP contribution >= 0.6 is 11.6 Å². The van der Waals surface area contributed by atoms with E-state index < -0.39 is 53.5 Å². The van der Waals surface area contributed by atoms with Crippen LogP contribution in [0.2, 0.25) is 5.02 Å². The molecule has 39 heavy (non-hydrogen) atoms. The van der Waals surface area contributed by atoms with Crippen molar-refractivity contribution >= 4 is 34.9 Å². The van der Waals surface area contributed by atoms with Gasteiger partial charge in [-0.3, -0.25) is 9.69 Å². The Bertz CT molecular complexity index is 1590. The number of alkyl halides is 3. The molecular weight excluding hydrogens is 547 g/mol. The van der Waals surface area contributed by atoms with Crippen LogP contribution in [0.15, 0.2) is 48.5 Å². The van der Waals surface area contributed by atoms with Crippen LogP contribution in [0, 0.1) is 23.0 Å². The highest BCUT2D eigenvalue weighted by molar-refractivity contribution is 6.31. The van der Waals surface area contributed by atoms with Crippen molar-refractivity contribution in [2.75, 3.05) is 16.8 Å². The van der Waals surface area contributed by atoms with Gasteiger partial charge in [0.05, 0.1) is 36.3 Å². The van der Waals surface area contributed by atoms with Crippen LogP contribution in [-0.2, 0) is 12.0 Å². The van der Waals surface area contributed by atoms with Crippen molar-refractivity contribution in [3.63, 3.8) is 0 Å². The second-order valence-electron chi connectivity index (χ2n) is 9.00. The van der Waals surface area contributed by atoms with E-state index in [0.29, 0.717) is 16.5 Å². The second-order valence-corrected chi connectivity index (χ2v) is 9.41. The summed E-state index contributed by atoms with van der Waals surface area (Å²) in [5, 5.41) is 24.9. The summed E-state index contributed by atoms with van der Waals surface area (Å²) in [5.74, 6) is -2.34. The summed E-state index contributed by atoms with van der Waals surface area (Å²) in [7, 11) is 0. The molecule has 3 aromatic rings. The van der Waals surface area contributed by atoms with E-state index in [9.17, 15) is 41.9 Å². The number of benzene rings is 3. The lowest BCUT2D eigenvalue weighted by molar-refractivity contribution is -0.258. The molecule has 7 nitrogen and oxygen atoms in total. The molecular formula is C26H16ClF5N4O3. The number of nitrogens with zero attached hydrogens (tertiary/aromatic N) is 2. The highest BCUT2D eigenvalue weighted by Gasteiger charge is 2.61. The largest absolute Gasteiger partial charge is 0.423 e. The number of fused-ring (bicyclic) bond motifs is 2. The number of amides is 3. The number of carbonyl (C=O) groups excluding carboxylic acids is 2. The lowest BCUT2D eigenvalue weighted by Gasteiger charge is -2.27. The molecule has 0 saturated heterocycles. The molecule has 2 aliphatic rings. The number of hydrogen-bond donors (Lipinski definition) is 3. The van der Waals surface area contributed by atoms with E-state index in [1.54, 1.807) is 0 Å². The zero-order valence-electron chi connectivity index (χ0n) is 19.5. The van der Waals surface area contributed by atoms with Crippen LogP contribution in [-0.4, -0.2) is 29.8 Å². The fourth-order valence-corrected chi connectivity index (χ4v) is 5.13. The smallest absolute Gasteiger partial charge is 0.375 e. The highest BCUT2D eigenvalue weighted by atomic mass is 35.5. The Kier molecular flexibility index (Phi) is 6.24. The van der Waals surface area contributed by atoms with Crippen molar-refractivity contribution in [1.82, 2.24) is 5.32 Å². The first-order valence-corrected chi connectivity index (χ1v) is 11.7. The van der Waals surface area contributed by atoms with Gasteiger partial charge >= 0.3 is 12.2 Å². The predicted octanol–water partition coefficient (Wildman–Crippen LogP) is 5.32. The molecule has 0 unspecified atom stereocenters. The molecule has 0 radical (unpaired) electrons. The number of aliphatic hydroxyl groups is 1. The summed E-state index contributed by atoms with van der Waals surface area (Å²) in [6.07, 6.45) is -5.42. The molecule has 0 bridgehead atoms. The normalized spacial score (nSPS) is 19.8. The van der Waals surface area contributed by atoms with Gasteiger partial charge in [0, 0.05) is 27.4 Å². The minimum atomic E-state index is -5.24. The summed E-state index contributed by atoms with van der Waals surface area (Å²) in [6.45, 7) is -1.26. The summed E-state index contributed by atoms with van der Waals surface area (Å²) < 4.78 is 69.4. The van der Waals surface area contributed by atoms with Crippen LogP contribution in [0.5, 0.6) is 0 Å². The van der Waals surface area contributed by atoms with Gasteiger partial charge in [-0.1, -0.05) is 17.7 Å². The van der Waals surface area contributed by atoms with Gasteiger partial charge in [0.1, 0.15) is 11.6 Å². The summed E-state index contributed by atoms with van der Waals surface area (Å²) in [6, 6.07) is 8.23. The lowest BCUT2D eigenvalue weighted by Crippen LogP contribution is -2.48. The van der Waals surface area contributed by atoms with Crippen molar-refractivity contribution in [3.05, 3.63) is 93.0 Å². The Balaban J connectivity index is 1.59. The highest BCUT2D eigenvalue weighted by Crippen LogP contribution is 2.49. The molecule has 3 N–H and O–H groups in total. The van der Waals surface area contributed by atoms with Crippen molar-refractivity contribution in [2.24, 2.45) is 0 Å². The minimum absolute atomic E-state index is 0.0235. The first-order chi connectivity index (χ1) is 18.4. The molecule has 0 spiro atoms. The number of carbonyl (C=O) groups is 2. The van der Waals surface area contributed by atoms with E-state index in [4.69, 9.17) is 11.6 Å². The van der Waals surface area contributed by atoms with Gasteiger partial charge in [-0.25, -0.2) is 13.6 Å². The van der Waals surface area contributed by atoms with Gasteiger partial charge in [0.15, 0.2) is 0 Å². The average Bonchev–Trinajstić information content (AvgIpc) is 3.38. The average molecular weight is 563 g/mol. The SMILES string of the molecule is N#CCc1ccc(NC(=O)N2C[C@](O)(C(F)(F)F)c3cc(F)ccc32)c2c1C(=O)N[C@H]2c1cc(F)ccc1Cl. The van der Waals surface area contributed by atoms with E-state index in [1.165, 1.54) is 18.2 Å². The quantitative estimate of drug-likeness (QED) is 0.376. The maximum atomic E-state index is 14.1. The molecule has 5 rings (SSSR count). The topological polar surface area (TPSA) is 105 Å². The molecule has 3 aromatic carbocycles. The van der Waals surface area contributed by atoms with E-state index in [-0.39, 0.29) is 39.5 Å². The standard InChI is InChI=1S/C26H16ClF5N4O3/c27-17-4-2-13(28)9-15(17)22-21-18(5-1-12(7-8-33)20(21)23(37)35-22)34-24(38)36-11-25(39,26(30,31)32)16-10-14(29)3-6-19(16)36/h1-6,9-10,22,39H,7,11H2,(H,34,38)(H,35,37)/t22-,25+/m0/s1. The van der Waals surface area contributed by atoms with Crippen LogP contribution in [0.25, 0.3) is 0 Å². The number of anilines is 2. The van der Waals surface area contributed by atoms with Crippen LogP contribution < -0.4 is 15.5 Å². The summed E-state index contributed by atoms with van der Waals surface area (Å²) in [4.78, 5) is 26.9. The fraction of sp³-hybridized carbons (Fsp3) is 0.192. The molecule has 2 aliphatic heterocycles. The van der Waals surface area contributed by atoms with E-state index >= 15 is 0 Å². The first kappa shape index (κ1) is 26.4. The van der Waals surface area contributed by atoms with Crippen molar-refractivity contribution in [3.8, 4) is 6.07 Å². The fourth-order valence-electron chi connectivity index (χ4n) is 4.90. The molecule has 200 valence electrons. The number of hydrogen-bond acceptors (Lipinski definition) is 4. The van der Waals surface area contributed by atoms with E-state index in [2.05, 4.69) is 10.6 Å². The maximum Gasteiger partial charge on any atom is 0.423 e. The van der Waals surface area contributed by atoms with Gasteiger partial charge in [0.2, 0.25) is 5.60 Å². The number of halogens is 6. The van der Waals surface area contributed by atoms with Gasteiger partial charge in [0.25, 0.3) is 5.91 Å². The van der Waals surface area contributed by atoms with Crippen molar-refractivity contribution < 1.29 is 36.6 Å². The Morgan fingerprint density at radius 1 is 1.18 bits per heavy atom. The maximum absolute atomic E-state index is 14.1. The third-order valence-electron chi connectivity index (χ3n) is 6.70. The Morgan fingerprint density at radius 3 is 2.56 bits per heavy atom. The van der Waals surface area contributed by atoms with Crippen molar-refractivity contribution in [2.45, 2.75) is 24.2 Å². The molecule has 3 amide bonds. The first-order valence-electron chi connectivity index (χ1n) is 11.3. The Hall–Kier alpha value is -4.21. The van der Waals surface area contributed by atoms with Gasteiger partial charge in [-0.05, 0) is 48.0 Å². The number of nitriles is 1. The summed E-state index contributed by atoms with van der Waals surface area (Å²) in [5.41, 5.74) is -4.19. The monoisotopic (exact) mass is 562 g/mol. The molecule has 0 aliphatic carbocycles. The van der Waals surface area contributed by atoms with Crippen LogP contribution in [0.1, 0.15) is 38.7 Å². The second kappa shape index (κ2) is 9.21. The van der Waals surface area contributed by atoms with Gasteiger partial charge in [-0.15, -0.1) is 0 Å². The van der Waals surface area contributed by atoms with Crippen LogP contribution in [0.4, 0.5) is 38.1 Å². The molecule has 0 fully saturated rings. The van der Waals surface area contributed by atoms with Crippen molar-refractivity contribution in [1.29, 1.82) is 5.26 Å². The summed E-state index contributed by atoms with van der Waals surface area (Å²) >= 11 is 6.27. The number of rotatable bonds is 3. The molecule has 13 heteroatoms. The molecule has 0 saturated carbocycles. The molecule has 0 aromatic heterocycles. The zero-order chi connectivity index (χ0) is 28.3. The molecule has 2 atom stereocenters. The Labute approximate surface area is 222 Å². The molecule has 2 heterocycles. The number of nitrogens with one attached hydrogen (secondary N) is 2. The lowest BCUT2D eigenvalue weighted by atomic mass is 9.92. The van der Waals surface area contributed by atoms with Gasteiger partial charge in [-0.2, -0.15) is 18.4 Å². The van der Waals surface area contributed by atoms with Gasteiger partial charge < -0.3 is 15.7 Å². The number of β-amino-alcohol motifs (C(OH)–C–C–N with tert-alkyl or cyclic N) is 1. The predicted molar refractivity (Wildman–Crippen MR) is 129 cm³/mol. The minimum Gasteiger partial charge on any atom is -0.375 e. The Morgan fingerprint density at radius 2 is 1.87 bits per heavy atom. The third kappa shape index (κ3) is 4.24. The van der Waals surface area contributed by atoms with E-state index in [1.807, 2.05) is 6.07 Å². The van der Waals surface area contributed by atoms with Crippen LogP contribution in [0.3, 0.4) is 0 Å². The van der Waals surface area contributed by atoms with E-state index in [0.717, 1.165) is 24.3 Å². The zero-order valence-corrected chi connectivity index (χ0v) is 20.3. The third-order valence-corrected chi connectivity index (χ3v) is 7.04.